The van der Waals surface area contributed by atoms with Gasteiger partial charge in [0.15, 0.2) is 0 Å². The third-order valence-corrected chi connectivity index (χ3v) is 3.06. The second-order valence-corrected chi connectivity index (χ2v) is 4.63. The minimum Gasteiger partial charge on any atom is -0.494 e. The SMILES string of the molecule is CCCCOc1ccc(-c2cccc(C(=O)OC)n2)cc1. The molecule has 0 spiro atoms. The van der Waals surface area contributed by atoms with E-state index in [0.717, 1.165) is 36.5 Å². The number of unbranched alkanes of at least 4 members (excludes halogenated alkanes) is 1. The summed E-state index contributed by atoms with van der Waals surface area (Å²) in [6.07, 6.45) is 2.16. The second-order valence-electron chi connectivity index (χ2n) is 4.63. The largest absolute Gasteiger partial charge is 0.494 e. The Labute approximate surface area is 124 Å². The maximum Gasteiger partial charge on any atom is 0.356 e. The van der Waals surface area contributed by atoms with Crippen LogP contribution in [0.5, 0.6) is 5.75 Å². The van der Waals surface area contributed by atoms with Crippen LogP contribution >= 0.6 is 0 Å². The van der Waals surface area contributed by atoms with Crippen molar-refractivity contribution in [3.63, 3.8) is 0 Å². The van der Waals surface area contributed by atoms with E-state index in [1.54, 1.807) is 12.1 Å². The van der Waals surface area contributed by atoms with Crippen LogP contribution in [0.2, 0.25) is 0 Å². The molecule has 0 unspecified atom stereocenters. The van der Waals surface area contributed by atoms with Gasteiger partial charge in [-0.2, -0.15) is 0 Å². The van der Waals surface area contributed by atoms with Crippen LogP contribution in [0.1, 0.15) is 30.3 Å². The number of rotatable bonds is 6. The summed E-state index contributed by atoms with van der Waals surface area (Å²) < 4.78 is 10.3. The summed E-state index contributed by atoms with van der Waals surface area (Å²) >= 11 is 0. The molecule has 0 aliphatic carbocycles. The zero-order chi connectivity index (χ0) is 15.1. The molecule has 4 nitrogen and oxygen atoms in total. The van der Waals surface area contributed by atoms with Crippen LogP contribution in [0.3, 0.4) is 0 Å². The van der Waals surface area contributed by atoms with Crippen molar-refractivity contribution < 1.29 is 14.3 Å². The van der Waals surface area contributed by atoms with Crippen LogP contribution in [0.15, 0.2) is 42.5 Å². The molecule has 0 amide bonds. The fraction of sp³-hybridized carbons (Fsp3) is 0.294. The minimum atomic E-state index is -0.434. The highest BCUT2D eigenvalue weighted by Gasteiger charge is 2.08. The molecule has 0 atom stereocenters. The van der Waals surface area contributed by atoms with E-state index in [9.17, 15) is 4.79 Å². The monoisotopic (exact) mass is 285 g/mol. The zero-order valence-electron chi connectivity index (χ0n) is 12.3. The molecule has 0 N–H and O–H groups in total. The molecule has 2 rings (SSSR count). The normalized spacial score (nSPS) is 10.2. The van der Waals surface area contributed by atoms with Gasteiger partial charge in [-0.05, 0) is 42.8 Å². The number of methoxy groups -OCH3 is 1. The minimum absolute atomic E-state index is 0.304. The molecule has 1 aromatic heterocycles. The van der Waals surface area contributed by atoms with Crippen molar-refractivity contribution in [2.24, 2.45) is 0 Å². The van der Waals surface area contributed by atoms with Crippen LogP contribution in [-0.2, 0) is 4.74 Å². The Balaban J connectivity index is 2.13. The summed E-state index contributed by atoms with van der Waals surface area (Å²) in [5.41, 5.74) is 1.97. The summed E-state index contributed by atoms with van der Waals surface area (Å²) in [7, 11) is 1.35. The number of esters is 1. The van der Waals surface area contributed by atoms with Gasteiger partial charge in [-0.15, -0.1) is 0 Å². The number of nitrogens with zero attached hydrogens (tertiary/aromatic N) is 1. The van der Waals surface area contributed by atoms with E-state index >= 15 is 0 Å². The lowest BCUT2D eigenvalue weighted by atomic mass is 10.1. The lowest BCUT2D eigenvalue weighted by Crippen LogP contribution is -2.04. The molecular formula is C17H19NO3. The number of aromatic nitrogens is 1. The van der Waals surface area contributed by atoms with Gasteiger partial charge < -0.3 is 9.47 Å². The molecular weight excluding hydrogens is 266 g/mol. The summed E-state index contributed by atoms with van der Waals surface area (Å²) in [4.78, 5) is 15.8. The van der Waals surface area contributed by atoms with Gasteiger partial charge in [0.2, 0.25) is 0 Å². The summed E-state index contributed by atoms with van der Waals surface area (Å²) in [5, 5.41) is 0. The predicted molar refractivity (Wildman–Crippen MR) is 81.4 cm³/mol. The number of carbonyl (C=O) groups is 1. The molecule has 1 aromatic carbocycles. The maximum absolute atomic E-state index is 11.5. The van der Waals surface area contributed by atoms with Gasteiger partial charge in [0.25, 0.3) is 0 Å². The van der Waals surface area contributed by atoms with E-state index in [4.69, 9.17) is 4.74 Å². The van der Waals surface area contributed by atoms with E-state index in [-0.39, 0.29) is 0 Å². The number of pyridine rings is 1. The fourth-order valence-electron chi connectivity index (χ4n) is 1.87. The lowest BCUT2D eigenvalue weighted by Gasteiger charge is -2.07. The summed E-state index contributed by atoms with van der Waals surface area (Å²) in [6.45, 7) is 2.86. The van der Waals surface area contributed by atoms with Gasteiger partial charge in [-0.3, -0.25) is 0 Å². The topological polar surface area (TPSA) is 48.4 Å². The van der Waals surface area contributed by atoms with Crippen molar-refractivity contribution in [3.8, 4) is 17.0 Å². The van der Waals surface area contributed by atoms with Crippen LogP contribution in [-0.4, -0.2) is 24.7 Å². The molecule has 0 saturated heterocycles. The quantitative estimate of drug-likeness (QED) is 0.599. The molecule has 0 radical (unpaired) electrons. The van der Waals surface area contributed by atoms with Gasteiger partial charge in [0, 0.05) is 5.56 Å². The average Bonchev–Trinajstić information content (AvgIpc) is 2.55. The van der Waals surface area contributed by atoms with Crippen molar-refractivity contribution in [1.82, 2.24) is 4.98 Å². The Kier molecular flexibility index (Phi) is 5.32. The van der Waals surface area contributed by atoms with Crippen LogP contribution in [0, 0.1) is 0 Å². The number of hydrogen-bond acceptors (Lipinski definition) is 4. The van der Waals surface area contributed by atoms with Crippen molar-refractivity contribution in [3.05, 3.63) is 48.2 Å². The molecule has 110 valence electrons. The number of hydrogen-bond donors (Lipinski definition) is 0. The smallest absolute Gasteiger partial charge is 0.356 e. The summed E-state index contributed by atoms with van der Waals surface area (Å²) in [5.74, 6) is 0.410. The molecule has 0 saturated carbocycles. The first-order valence-corrected chi connectivity index (χ1v) is 7.03. The third kappa shape index (κ3) is 4.05. The maximum atomic E-state index is 11.5. The standard InChI is InChI=1S/C17H19NO3/c1-3-4-12-21-14-10-8-13(9-11-14)15-6-5-7-16(18-15)17(19)20-2/h5-11H,3-4,12H2,1-2H3. The van der Waals surface area contributed by atoms with Crippen LogP contribution in [0.25, 0.3) is 11.3 Å². The van der Waals surface area contributed by atoms with Crippen LogP contribution < -0.4 is 4.74 Å². The first-order chi connectivity index (χ1) is 10.2. The Morgan fingerprint density at radius 2 is 1.90 bits per heavy atom. The first-order valence-electron chi connectivity index (χ1n) is 7.03. The highest BCUT2D eigenvalue weighted by atomic mass is 16.5. The highest BCUT2D eigenvalue weighted by Crippen LogP contribution is 2.21. The Hall–Kier alpha value is -2.36. The second kappa shape index (κ2) is 7.43. The molecule has 4 heteroatoms. The highest BCUT2D eigenvalue weighted by molar-refractivity contribution is 5.87. The summed E-state index contributed by atoms with van der Waals surface area (Å²) in [6, 6.07) is 13.0. The van der Waals surface area contributed by atoms with Gasteiger partial charge in [-0.1, -0.05) is 19.4 Å². The van der Waals surface area contributed by atoms with Gasteiger partial charge in [-0.25, -0.2) is 9.78 Å². The van der Waals surface area contributed by atoms with E-state index in [2.05, 4.69) is 16.6 Å². The Morgan fingerprint density at radius 1 is 1.14 bits per heavy atom. The molecule has 1 heterocycles. The third-order valence-electron chi connectivity index (χ3n) is 3.06. The molecule has 0 fully saturated rings. The lowest BCUT2D eigenvalue weighted by molar-refractivity contribution is 0.0594. The predicted octanol–water partition coefficient (Wildman–Crippen LogP) is 3.71. The zero-order valence-corrected chi connectivity index (χ0v) is 12.3. The molecule has 0 aliphatic rings. The Bertz CT molecular complexity index is 593. The average molecular weight is 285 g/mol. The molecule has 2 aromatic rings. The molecule has 21 heavy (non-hydrogen) atoms. The molecule has 0 aliphatic heterocycles. The van der Waals surface area contributed by atoms with Crippen molar-refractivity contribution in [2.75, 3.05) is 13.7 Å². The van der Waals surface area contributed by atoms with Gasteiger partial charge >= 0.3 is 5.97 Å². The van der Waals surface area contributed by atoms with E-state index in [0.29, 0.717) is 5.69 Å². The van der Waals surface area contributed by atoms with Crippen molar-refractivity contribution >= 4 is 5.97 Å². The van der Waals surface area contributed by atoms with E-state index in [1.807, 2.05) is 30.3 Å². The van der Waals surface area contributed by atoms with Gasteiger partial charge in [0.05, 0.1) is 19.4 Å². The molecule has 0 bridgehead atoms. The Morgan fingerprint density at radius 3 is 2.57 bits per heavy atom. The number of carbonyl (C=O) groups excluding carboxylic acids is 1. The number of benzene rings is 1. The number of ether oxygens (including phenoxy) is 2. The van der Waals surface area contributed by atoms with Crippen molar-refractivity contribution in [1.29, 1.82) is 0 Å². The van der Waals surface area contributed by atoms with Crippen LogP contribution in [0.4, 0.5) is 0 Å². The van der Waals surface area contributed by atoms with E-state index < -0.39 is 5.97 Å². The first kappa shape index (κ1) is 15.0. The van der Waals surface area contributed by atoms with Gasteiger partial charge in [0.1, 0.15) is 11.4 Å². The van der Waals surface area contributed by atoms with Crippen molar-refractivity contribution in [2.45, 2.75) is 19.8 Å². The fourth-order valence-corrected chi connectivity index (χ4v) is 1.87. The van der Waals surface area contributed by atoms with E-state index in [1.165, 1.54) is 7.11 Å².